The summed E-state index contributed by atoms with van der Waals surface area (Å²) in [5.41, 5.74) is 3.03. The summed E-state index contributed by atoms with van der Waals surface area (Å²) in [6, 6.07) is 0. The molecule has 1 aromatic rings. The van der Waals surface area contributed by atoms with Gasteiger partial charge in [0.25, 0.3) is 6.43 Å². The molecule has 0 amide bonds. The van der Waals surface area contributed by atoms with Crippen LogP contribution in [0.3, 0.4) is 0 Å². The Hall–Kier alpha value is -2.42. The number of esters is 1. The highest BCUT2D eigenvalue weighted by molar-refractivity contribution is 5.94. The van der Waals surface area contributed by atoms with E-state index in [4.69, 9.17) is 5.53 Å². The summed E-state index contributed by atoms with van der Waals surface area (Å²) in [6.07, 6.45) is -8.85. The lowest BCUT2D eigenvalue weighted by molar-refractivity contribution is -0.142. The number of carbonyl (C=O) groups is 1. The largest absolute Gasteiger partial charge is 0.462 e. The van der Waals surface area contributed by atoms with Gasteiger partial charge in [-0.1, -0.05) is 12.0 Å². The molecule has 0 unspecified atom stereocenters. The number of hydrogen-bond acceptors (Lipinski definition) is 4. The Kier molecular flexibility index (Phi) is 5.85. The number of carbonyl (C=O) groups excluding carboxylic acids is 1. The van der Waals surface area contributed by atoms with Crippen LogP contribution >= 0.6 is 0 Å². The molecule has 0 fully saturated rings. The zero-order valence-electron chi connectivity index (χ0n) is 12.0. The number of halogens is 5. The van der Waals surface area contributed by atoms with Crippen LogP contribution in [0.25, 0.3) is 10.4 Å². The average molecular weight is 338 g/mol. The van der Waals surface area contributed by atoms with E-state index in [-0.39, 0.29) is 13.0 Å². The summed E-state index contributed by atoms with van der Waals surface area (Å²) in [5.74, 6) is -1.38. The van der Waals surface area contributed by atoms with Crippen LogP contribution in [-0.4, -0.2) is 17.6 Å². The van der Waals surface area contributed by atoms with E-state index in [0.717, 1.165) is 0 Å². The van der Waals surface area contributed by atoms with Crippen molar-refractivity contribution in [3.63, 3.8) is 0 Å². The Morgan fingerprint density at radius 3 is 2.39 bits per heavy atom. The van der Waals surface area contributed by atoms with Gasteiger partial charge in [-0.05, 0) is 24.4 Å². The van der Waals surface area contributed by atoms with Crippen molar-refractivity contribution in [3.05, 3.63) is 33.0 Å². The Morgan fingerprint density at radius 1 is 1.39 bits per heavy atom. The second kappa shape index (κ2) is 7.23. The second-order valence-electron chi connectivity index (χ2n) is 4.11. The van der Waals surface area contributed by atoms with Gasteiger partial charge < -0.3 is 4.74 Å². The molecule has 0 spiro atoms. The molecular formula is C12H11F5N4O2. The Balaban J connectivity index is 3.92. The number of nitrogens with zero attached hydrogens (tertiary/aromatic N) is 4. The average Bonchev–Trinajstić information content (AvgIpc) is 2.45. The lowest BCUT2D eigenvalue weighted by Gasteiger charge is -2.18. The van der Waals surface area contributed by atoms with E-state index < -0.39 is 46.8 Å². The van der Waals surface area contributed by atoms with E-state index in [2.05, 4.69) is 19.7 Å². The fourth-order valence-electron chi connectivity index (χ4n) is 1.93. The van der Waals surface area contributed by atoms with Gasteiger partial charge in [-0.3, -0.25) is 0 Å². The molecule has 1 rings (SSSR count). The fraction of sp³-hybridized carbons (Fsp3) is 0.500. The predicted molar refractivity (Wildman–Crippen MR) is 68.3 cm³/mol. The standard InChI is InChI=1S/C12H11F5N4O2/c1-3-5-6(11(22)23-4-2)9(12(15,16)17)19-8(10(13)14)7(5)20-21-18/h10H,3-4H2,1-2H3. The molecule has 0 atom stereocenters. The maximum atomic E-state index is 13.1. The van der Waals surface area contributed by atoms with Crippen LogP contribution < -0.4 is 0 Å². The second-order valence-corrected chi connectivity index (χ2v) is 4.11. The number of alkyl halides is 5. The number of ether oxygens (including phenoxy) is 1. The molecule has 0 N–H and O–H groups in total. The summed E-state index contributed by atoms with van der Waals surface area (Å²) in [7, 11) is 0. The fourth-order valence-corrected chi connectivity index (χ4v) is 1.93. The molecule has 1 heterocycles. The molecule has 0 radical (unpaired) electrons. The maximum absolute atomic E-state index is 13.1. The summed E-state index contributed by atoms with van der Waals surface area (Å²) < 4.78 is 69.8. The minimum absolute atomic E-state index is 0.229. The van der Waals surface area contributed by atoms with Gasteiger partial charge in [0.15, 0.2) is 5.69 Å². The predicted octanol–water partition coefficient (Wildman–Crippen LogP) is 4.72. The number of rotatable bonds is 5. The van der Waals surface area contributed by atoms with Gasteiger partial charge in [-0.25, -0.2) is 18.6 Å². The van der Waals surface area contributed by atoms with Crippen LogP contribution in [0, 0.1) is 0 Å². The van der Waals surface area contributed by atoms with Crippen LogP contribution in [0.15, 0.2) is 5.11 Å². The van der Waals surface area contributed by atoms with Gasteiger partial charge >= 0.3 is 12.1 Å². The van der Waals surface area contributed by atoms with Crippen molar-refractivity contribution in [2.24, 2.45) is 5.11 Å². The summed E-state index contributed by atoms with van der Waals surface area (Å²) >= 11 is 0. The molecule has 0 aliphatic heterocycles. The van der Waals surface area contributed by atoms with Crippen molar-refractivity contribution in [3.8, 4) is 0 Å². The van der Waals surface area contributed by atoms with Gasteiger partial charge in [0.05, 0.1) is 17.9 Å². The molecule has 0 saturated carbocycles. The lowest BCUT2D eigenvalue weighted by atomic mass is 9.99. The van der Waals surface area contributed by atoms with E-state index >= 15 is 0 Å². The summed E-state index contributed by atoms with van der Waals surface area (Å²) in [4.78, 5) is 17.0. The molecule has 0 bridgehead atoms. The van der Waals surface area contributed by atoms with Crippen LogP contribution in [0.4, 0.5) is 27.6 Å². The van der Waals surface area contributed by atoms with E-state index in [1.54, 1.807) is 0 Å². The zero-order chi connectivity index (χ0) is 17.8. The van der Waals surface area contributed by atoms with E-state index in [9.17, 15) is 26.7 Å². The van der Waals surface area contributed by atoms with Crippen molar-refractivity contribution < 1.29 is 31.5 Å². The summed E-state index contributed by atoms with van der Waals surface area (Å²) in [5, 5.41) is 2.99. The van der Waals surface area contributed by atoms with Crippen molar-refractivity contribution in [2.45, 2.75) is 32.9 Å². The lowest BCUT2D eigenvalue weighted by Crippen LogP contribution is -2.21. The van der Waals surface area contributed by atoms with Gasteiger partial charge in [0, 0.05) is 4.91 Å². The third kappa shape index (κ3) is 3.86. The SMILES string of the molecule is CCOC(=O)c1c(C(F)(F)F)nc(C(F)F)c(N=[N+]=[N-])c1CC. The first-order valence-corrected chi connectivity index (χ1v) is 6.33. The zero-order valence-corrected chi connectivity index (χ0v) is 12.0. The number of pyridine rings is 1. The van der Waals surface area contributed by atoms with E-state index in [0.29, 0.717) is 0 Å². The van der Waals surface area contributed by atoms with Crippen LogP contribution in [0.1, 0.15) is 47.6 Å². The van der Waals surface area contributed by atoms with Crippen LogP contribution in [0.5, 0.6) is 0 Å². The minimum atomic E-state index is -5.16. The number of azide groups is 1. The monoisotopic (exact) mass is 338 g/mol. The van der Waals surface area contributed by atoms with Crippen LogP contribution in [0.2, 0.25) is 0 Å². The minimum Gasteiger partial charge on any atom is -0.462 e. The highest BCUT2D eigenvalue weighted by Crippen LogP contribution is 2.40. The third-order valence-electron chi connectivity index (χ3n) is 2.75. The van der Waals surface area contributed by atoms with Gasteiger partial charge in [-0.2, -0.15) is 13.2 Å². The van der Waals surface area contributed by atoms with Gasteiger partial charge in [-0.15, -0.1) is 0 Å². The molecule has 1 aromatic heterocycles. The Labute approximate surface area is 126 Å². The van der Waals surface area contributed by atoms with Crippen molar-refractivity contribution in [1.29, 1.82) is 0 Å². The normalized spacial score (nSPS) is 11.3. The molecule has 126 valence electrons. The molecule has 0 aliphatic carbocycles. The highest BCUT2D eigenvalue weighted by atomic mass is 19.4. The first-order valence-electron chi connectivity index (χ1n) is 6.33. The number of aromatic nitrogens is 1. The van der Waals surface area contributed by atoms with Gasteiger partial charge in [0.2, 0.25) is 0 Å². The molecule has 0 aromatic carbocycles. The van der Waals surface area contributed by atoms with Gasteiger partial charge in [0.1, 0.15) is 5.69 Å². The van der Waals surface area contributed by atoms with Crippen molar-refractivity contribution >= 4 is 11.7 Å². The Morgan fingerprint density at radius 2 is 2.00 bits per heavy atom. The topological polar surface area (TPSA) is 88.0 Å². The first kappa shape index (κ1) is 18.6. The number of hydrogen-bond donors (Lipinski definition) is 0. The molecule has 0 saturated heterocycles. The molecule has 11 heteroatoms. The third-order valence-corrected chi connectivity index (χ3v) is 2.75. The van der Waals surface area contributed by atoms with Crippen molar-refractivity contribution in [2.75, 3.05) is 6.61 Å². The smallest absolute Gasteiger partial charge is 0.434 e. The maximum Gasteiger partial charge on any atom is 0.434 e. The molecular weight excluding hydrogens is 327 g/mol. The van der Waals surface area contributed by atoms with E-state index in [1.165, 1.54) is 13.8 Å². The molecule has 0 aliphatic rings. The Bertz CT molecular complexity index is 654. The van der Waals surface area contributed by atoms with Crippen LogP contribution in [-0.2, 0) is 17.3 Å². The quantitative estimate of drug-likeness (QED) is 0.256. The highest BCUT2D eigenvalue weighted by Gasteiger charge is 2.41. The summed E-state index contributed by atoms with van der Waals surface area (Å²) in [6.45, 7) is 2.46. The van der Waals surface area contributed by atoms with E-state index in [1.807, 2.05) is 0 Å². The molecule has 23 heavy (non-hydrogen) atoms. The first-order chi connectivity index (χ1) is 10.7. The molecule has 6 nitrogen and oxygen atoms in total. The van der Waals surface area contributed by atoms with Crippen molar-refractivity contribution in [1.82, 2.24) is 4.98 Å².